The van der Waals surface area contributed by atoms with Crippen molar-refractivity contribution >= 4 is 11.6 Å². The van der Waals surface area contributed by atoms with Gasteiger partial charge in [-0.25, -0.2) is 0 Å². The van der Waals surface area contributed by atoms with E-state index in [9.17, 15) is 15.0 Å². The molecule has 1 unspecified atom stereocenters. The van der Waals surface area contributed by atoms with E-state index in [4.69, 9.17) is 0 Å². The van der Waals surface area contributed by atoms with Crippen LogP contribution in [0.1, 0.15) is 23.2 Å². The fourth-order valence-electron chi connectivity index (χ4n) is 2.64. The highest BCUT2D eigenvalue weighted by Crippen LogP contribution is 2.35. The Morgan fingerprint density at radius 1 is 1.41 bits per heavy atom. The standard InChI is InChI=1S/C12H14N2O3/c15-9-5-1-3-7-10(9)13-11(16)8-4-2-6-14(8)12(7)17/h1,3,5,8,11,13,15-16H,2,4,6H2/t8-,11?/m0/s1. The zero-order valence-corrected chi connectivity index (χ0v) is 9.26. The molecule has 0 aromatic heterocycles. The lowest BCUT2D eigenvalue weighted by Gasteiger charge is -2.25. The molecule has 5 heteroatoms. The molecular formula is C12H14N2O3. The molecule has 5 nitrogen and oxygen atoms in total. The maximum atomic E-state index is 12.3. The van der Waals surface area contributed by atoms with Crippen molar-refractivity contribution in [2.45, 2.75) is 25.1 Å². The van der Waals surface area contributed by atoms with Crippen LogP contribution in [0.4, 0.5) is 5.69 Å². The Balaban J connectivity index is 2.12. The second kappa shape index (κ2) is 3.63. The number of fused-ring (bicyclic) bond motifs is 2. The summed E-state index contributed by atoms with van der Waals surface area (Å²) < 4.78 is 0. The van der Waals surface area contributed by atoms with Crippen molar-refractivity contribution in [1.29, 1.82) is 0 Å². The van der Waals surface area contributed by atoms with E-state index >= 15 is 0 Å². The summed E-state index contributed by atoms with van der Waals surface area (Å²) in [4.78, 5) is 14.0. The van der Waals surface area contributed by atoms with E-state index in [-0.39, 0.29) is 17.7 Å². The highest BCUT2D eigenvalue weighted by atomic mass is 16.3. The number of nitrogens with one attached hydrogen (secondary N) is 1. The molecule has 2 atom stereocenters. The first-order valence-electron chi connectivity index (χ1n) is 5.76. The zero-order valence-electron chi connectivity index (χ0n) is 9.26. The Morgan fingerprint density at radius 2 is 2.24 bits per heavy atom. The number of hydrogen-bond donors (Lipinski definition) is 3. The van der Waals surface area contributed by atoms with Gasteiger partial charge < -0.3 is 20.4 Å². The summed E-state index contributed by atoms with van der Waals surface area (Å²) in [5, 5.41) is 22.6. The fourth-order valence-corrected chi connectivity index (χ4v) is 2.64. The minimum Gasteiger partial charge on any atom is -0.506 e. The zero-order chi connectivity index (χ0) is 12.0. The third kappa shape index (κ3) is 1.46. The number of anilines is 1. The van der Waals surface area contributed by atoms with Gasteiger partial charge in [0.1, 0.15) is 12.0 Å². The molecular weight excluding hydrogens is 220 g/mol. The number of amides is 1. The summed E-state index contributed by atoms with van der Waals surface area (Å²) in [6.07, 6.45) is 0.869. The summed E-state index contributed by atoms with van der Waals surface area (Å²) in [5.74, 6) is -0.126. The van der Waals surface area contributed by atoms with E-state index < -0.39 is 6.23 Å². The molecule has 3 N–H and O–H groups in total. The summed E-state index contributed by atoms with van der Waals surface area (Å²) in [6, 6.07) is 4.60. The number of phenols is 1. The topological polar surface area (TPSA) is 72.8 Å². The van der Waals surface area contributed by atoms with Crippen LogP contribution in [0.5, 0.6) is 5.75 Å². The molecule has 90 valence electrons. The first-order valence-corrected chi connectivity index (χ1v) is 5.76. The van der Waals surface area contributed by atoms with Gasteiger partial charge in [0, 0.05) is 6.54 Å². The number of rotatable bonds is 0. The number of aromatic hydroxyl groups is 1. The Hall–Kier alpha value is -1.75. The van der Waals surface area contributed by atoms with Crippen LogP contribution < -0.4 is 5.32 Å². The van der Waals surface area contributed by atoms with Crippen molar-refractivity contribution in [3.05, 3.63) is 23.8 Å². The van der Waals surface area contributed by atoms with Gasteiger partial charge in [-0.05, 0) is 25.0 Å². The van der Waals surface area contributed by atoms with Crippen molar-refractivity contribution in [2.24, 2.45) is 0 Å². The average molecular weight is 234 g/mol. The average Bonchev–Trinajstić information content (AvgIpc) is 2.76. The van der Waals surface area contributed by atoms with Crippen LogP contribution in [-0.4, -0.2) is 39.8 Å². The van der Waals surface area contributed by atoms with Crippen molar-refractivity contribution in [2.75, 3.05) is 11.9 Å². The predicted molar refractivity (Wildman–Crippen MR) is 61.8 cm³/mol. The summed E-state index contributed by atoms with van der Waals surface area (Å²) >= 11 is 0. The van der Waals surface area contributed by atoms with Crippen LogP contribution in [-0.2, 0) is 0 Å². The van der Waals surface area contributed by atoms with Gasteiger partial charge in [0.25, 0.3) is 5.91 Å². The lowest BCUT2D eigenvalue weighted by molar-refractivity contribution is 0.0581. The van der Waals surface area contributed by atoms with Gasteiger partial charge >= 0.3 is 0 Å². The Labute approximate surface area is 98.7 Å². The Bertz CT molecular complexity index is 475. The molecule has 1 saturated heterocycles. The second-order valence-corrected chi connectivity index (χ2v) is 4.50. The highest BCUT2D eigenvalue weighted by molar-refractivity contribution is 6.02. The van der Waals surface area contributed by atoms with Gasteiger partial charge in [-0.3, -0.25) is 4.79 Å². The van der Waals surface area contributed by atoms with E-state index in [0.29, 0.717) is 17.8 Å². The van der Waals surface area contributed by atoms with Gasteiger partial charge in [0.2, 0.25) is 0 Å². The number of nitrogens with zero attached hydrogens (tertiary/aromatic N) is 1. The van der Waals surface area contributed by atoms with E-state index in [1.807, 2.05) is 0 Å². The number of hydrogen-bond acceptors (Lipinski definition) is 4. The van der Waals surface area contributed by atoms with Crippen LogP contribution in [0.15, 0.2) is 18.2 Å². The molecule has 1 amide bonds. The van der Waals surface area contributed by atoms with Gasteiger partial charge in [0.15, 0.2) is 0 Å². The van der Waals surface area contributed by atoms with Crippen LogP contribution in [0.25, 0.3) is 0 Å². The second-order valence-electron chi connectivity index (χ2n) is 4.50. The summed E-state index contributed by atoms with van der Waals surface area (Å²) in [7, 11) is 0. The maximum Gasteiger partial charge on any atom is 0.256 e. The molecule has 1 aromatic carbocycles. The Kier molecular flexibility index (Phi) is 2.22. The minimum atomic E-state index is -0.823. The third-order valence-electron chi connectivity index (χ3n) is 3.49. The number of benzene rings is 1. The first-order chi connectivity index (χ1) is 8.18. The number of carbonyl (C=O) groups excluding carboxylic acids is 1. The molecule has 0 bridgehead atoms. The summed E-state index contributed by atoms with van der Waals surface area (Å²) in [6.45, 7) is 0.664. The van der Waals surface area contributed by atoms with E-state index in [0.717, 1.165) is 12.8 Å². The molecule has 0 radical (unpaired) electrons. The van der Waals surface area contributed by atoms with Crippen LogP contribution >= 0.6 is 0 Å². The lowest BCUT2D eigenvalue weighted by atomic mass is 10.1. The quantitative estimate of drug-likeness (QED) is 0.579. The molecule has 2 aliphatic rings. The number of carbonyl (C=O) groups is 1. The molecule has 17 heavy (non-hydrogen) atoms. The number of aliphatic hydroxyl groups excluding tert-OH is 1. The third-order valence-corrected chi connectivity index (χ3v) is 3.49. The SMILES string of the molecule is O=C1c2cccc(O)c2NC(O)[C@@H]2CCCN12. The smallest absolute Gasteiger partial charge is 0.256 e. The molecule has 0 aliphatic carbocycles. The molecule has 2 heterocycles. The predicted octanol–water partition coefficient (Wildman–Crippen LogP) is 0.741. The van der Waals surface area contributed by atoms with Crippen LogP contribution in [0.3, 0.4) is 0 Å². The highest BCUT2D eigenvalue weighted by Gasteiger charge is 2.38. The van der Waals surface area contributed by atoms with Gasteiger partial charge in [0.05, 0.1) is 17.3 Å². The molecule has 0 saturated carbocycles. The number of phenolic OH excluding ortho intramolecular Hbond substituents is 1. The normalized spacial score (nSPS) is 27.1. The van der Waals surface area contributed by atoms with Crippen LogP contribution in [0.2, 0.25) is 0 Å². The number of para-hydroxylation sites is 1. The maximum absolute atomic E-state index is 12.3. The molecule has 2 aliphatic heterocycles. The van der Waals surface area contributed by atoms with E-state index in [1.54, 1.807) is 17.0 Å². The van der Waals surface area contributed by atoms with Crippen molar-refractivity contribution < 1.29 is 15.0 Å². The fraction of sp³-hybridized carbons (Fsp3) is 0.417. The molecule has 1 aromatic rings. The monoisotopic (exact) mass is 234 g/mol. The minimum absolute atomic E-state index is 0.00364. The van der Waals surface area contributed by atoms with Crippen LogP contribution in [0, 0.1) is 0 Å². The summed E-state index contributed by atoms with van der Waals surface area (Å²) in [5.41, 5.74) is 0.757. The lowest BCUT2D eigenvalue weighted by Crippen LogP contribution is -2.43. The van der Waals surface area contributed by atoms with Gasteiger partial charge in [-0.2, -0.15) is 0 Å². The molecule has 1 fully saturated rings. The van der Waals surface area contributed by atoms with E-state index in [2.05, 4.69) is 5.32 Å². The van der Waals surface area contributed by atoms with Gasteiger partial charge in [-0.15, -0.1) is 0 Å². The molecule has 3 rings (SSSR count). The van der Waals surface area contributed by atoms with E-state index in [1.165, 1.54) is 6.07 Å². The van der Waals surface area contributed by atoms with Crippen molar-refractivity contribution in [3.8, 4) is 5.75 Å². The van der Waals surface area contributed by atoms with Gasteiger partial charge in [-0.1, -0.05) is 6.07 Å². The molecule has 0 spiro atoms. The van der Waals surface area contributed by atoms with Crippen molar-refractivity contribution in [3.63, 3.8) is 0 Å². The largest absolute Gasteiger partial charge is 0.506 e. The Morgan fingerprint density at radius 3 is 3.06 bits per heavy atom. The van der Waals surface area contributed by atoms with Crippen molar-refractivity contribution in [1.82, 2.24) is 4.90 Å². The number of aliphatic hydroxyl groups is 1. The first kappa shape index (κ1) is 10.4.